The Bertz CT molecular complexity index is 1210. The first-order valence-electron chi connectivity index (χ1n) is 17.5. The highest BCUT2D eigenvalue weighted by Gasteiger charge is 2.61. The molecule has 3 saturated heterocycles. The zero-order chi connectivity index (χ0) is 31.6. The van der Waals surface area contributed by atoms with Gasteiger partial charge in [-0.05, 0) is 71.8 Å². The lowest BCUT2D eigenvalue weighted by atomic mass is 9.64. The highest BCUT2D eigenvalue weighted by molar-refractivity contribution is 6.20. The van der Waals surface area contributed by atoms with Crippen molar-refractivity contribution in [1.29, 1.82) is 0 Å². The van der Waals surface area contributed by atoms with E-state index < -0.39 is 35.9 Å². The first kappa shape index (κ1) is 31.4. The van der Waals surface area contributed by atoms with E-state index in [0.717, 1.165) is 19.3 Å². The number of carbonyl (C=O) groups excluding carboxylic acids is 3. The van der Waals surface area contributed by atoms with Crippen molar-refractivity contribution >= 4 is 17.8 Å². The average molecular weight is 630 g/mol. The molecule has 0 bridgehead atoms. The van der Waals surface area contributed by atoms with Crippen LogP contribution >= 0.6 is 0 Å². The van der Waals surface area contributed by atoms with Crippen LogP contribution in [0, 0.1) is 17.8 Å². The fraction of sp³-hybridized carbons (Fsp3) is 0.853. The van der Waals surface area contributed by atoms with Gasteiger partial charge in [0.15, 0.2) is 5.78 Å². The van der Waals surface area contributed by atoms with Crippen LogP contribution in [-0.2, 0) is 19.1 Å². The second kappa shape index (κ2) is 12.1. The number of rotatable bonds is 4. The van der Waals surface area contributed by atoms with Gasteiger partial charge in [0.25, 0.3) is 5.91 Å². The number of hydrogen-bond acceptors (Lipinski definition) is 8. The molecule has 3 aliphatic carbocycles. The summed E-state index contributed by atoms with van der Waals surface area (Å²) >= 11 is 0. The Kier molecular flexibility index (Phi) is 8.42. The number of likely N-dealkylation sites (tertiary alicyclic amines) is 2. The molecule has 0 aromatic rings. The number of ketones is 1. The summed E-state index contributed by atoms with van der Waals surface area (Å²) in [6, 6.07) is -0.649. The van der Waals surface area contributed by atoms with Gasteiger partial charge in [0.2, 0.25) is 0 Å². The number of likely N-dealkylation sites (N-methyl/N-ethyl adjacent to an activating group) is 1. The molecule has 11 unspecified atom stereocenters. The molecule has 6 fully saturated rings. The smallest absolute Gasteiger partial charge is 0.407 e. The largest absolute Gasteiger partial charge is 0.444 e. The second-order valence-corrected chi connectivity index (χ2v) is 15.8. The number of nitrogens with zero attached hydrogens (tertiary/aromatic N) is 3. The van der Waals surface area contributed by atoms with Gasteiger partial charge in [-0.25, -0.2) is 9.18 Å². The first-order chi connectivity index (χ1) is 21.5. The standard InChI is InChI=1S/C34H52FN5O5/c1-34(2,3)45-33(43)37-22-10-11-38(17-22)29-25(35)15-23-28-31(29)44-27-14-20-8-6-5-7-19(20)13-26(27)40(28)18-24(30(23)41)32(42)39-12-9-21(16-39)36-4/h18-23,25-29,31,36H,5-17H2,1-4H3,(H,37,43). The predicted molar refractivity (Wildman–Crippen MR) is 166 cm³/mol. The Labute approximate surface area is 266 Å². The summed E-state index contributed by atoms with van der Waals surface area (Å²) in [4.78, 5) is 46.8. The molecule has 250 valence electrons. The number of hydrogen-bond donors (Lipinski definition) is 2. The molecule has 4 heterocycles. The molecule has 10 nitrogen and oxygen atoms in total. The highest BCUT2D eigenvalue weighted by atomic mass is 19.1. The lowest BCUT2D eigenvalue weighted by molar-refractivity contribution is -0.219. The number of morpholine rings is 1. The van der Waals surface area contributed by atoms with E-state index in [2.05, 4.69) is 20.4 Å². The summed E-state index contributed by atoms with van der Waals surface area (Å²) < 4.78 is 29.0. The first-order valence-corrected chi connectivity index (χ1v) is 17.5. The third-order valence-electron chi connectivity index (χ3n) is 11.9. The Balaban J connectivity index is 1.17. The third-order valence-corrected chi connectivity index (χ3v) is 11.9. The van der Waals surface area contributed by atoms with Crippen molar-refractivity contribution in [3.63, 3.8) is 0 Å². The number of ether oxygens (including phenoxy) is 2. The molecule has 4 aliphatic heterocycles. The number of halogens is 1. The van der Waals surface area contributed by atoms with E-state index >= 15 is 4.39 Å². The minimum Gasteiger partial charge on any atom is -0.444 e. The molecule has 2 N–H and O–H groups in total. The van der Waals surface area contributed by atoms with Gasteiger partial charge in [-0.2, -0.15) is 0 Å². The van der Waals surface area contributed by atoms with Gasteiger partial charge in [0, 0.05) is 50.4 Å². The van der Waals surface area contributed by atoms with Crippen LogP contribution in [0.5, 0.6) is 0 Å². The van der Waals surface area contributed by atoms with Gasteiger partial charge in [0.1, 0.15) is 11.8 Å². The monoisotopic (exact) mass is 629 g/mol. The summed E-state index contributed by atoms with van der Waals surface area (Å²) in [5.41, 5.74) is -0.366. The van der Waals surface area contributed by atoms with E-state index in [0.29, 0.717) is 44.4 Å². The van der Waals surface area contributed by atoms with Crippen LogP contribution in [0.1, 0.15) is 78.6 Å². The van der Waals surface area contributed by atoms with Crippen LogP contribution < -0.4 is 10.6 Å². The molecule has 0 radical (unpaired) electrons. The van der Waals surface area contributed by atoms with Gasteiger partial charge in [-0.15, -0.1) is 0 Å². The minimum atomic E-state index is -1.28. The zero-order valence-corrected chi connectivity index (χ0v) is 27.4. The van der Waals surface area contributed by atoms with Crippen LogP contribution in [0.15, 0.2) is 11.8 Å². The Morgan fingerprint density at radius 2 is 1.71 bits per heavy atom. The molecule has 0 aromatic carbocycles. The van der Waals surface area contributed by atoms with Gasteiger partial charge in [-0.1, -0.05) is 25.7 Å². The van der Waals surface area contributed by atoms with E-state index in [4.69, 9.17) is 9.47 Å². The molecule has 0 spiro atoms. The average Bonchev–Trinajstić information content (AvgIpc) is 3.66. The van der Waals surface area contributed by atoms with E-state index in [9.17, 15) is 14.4 Å². The zero-order valence-electron chi connectivity index (χ0n) is 27.4. The maximum Gasteiger partial charge on any atom is 0.407 e. The number of carbonyl (C=O) groups is 3. The quantitative estimate of drug-likeness (QED) is 0.458. The molecule has 3 saturated carbocycles. The van der Waals surface area contributed by atoms with Crippen molar-refractivity contribution in [3.8, 4) is 0 Å². The van der Waals surface area contributed by atoms with E-state index in [-0.39, 0.29) is 54.0 Å². The van der Waals surface area contributed by atoms with Crippen molar-refractivity contribution in [1.82, 2.24) is 25.3 Å². The van der Waals surface area contributed by atoms with Crippen molar-refractivity contribution in [3.05, 3.63) is 11.8 Å². The van der Waals surface area contributed by atoms with Crippen molar-refractivity contribution < 1.29 is 28.2 Å². The summed E-state index contributed by atoms with van der Waals surface area (Å²) in [5, 5.41) is 6.24. The lowest BCUT2D eigenvalue weighted by Gasteiger charge is -2.61. The van der Waals surface area contributed by atoms with Gasteiger partial charge in [-0.3, -0.25) is 14.5 Å². The van der Waals surface area contributed by atoms with Gasteiger partial charge < -0.3 is 29.9 Å². The molecule has 2 amide bonds. The summed E-state index contributed by atoms with van der Waals surface area (Å²) in [7, 11) is 1.90. The van der Waals surface area contributed by atoms with E-state index in [1.165, 1.54) is 25.7 Å². The third kappa shape index (κ3) is 5.90. The number of fused-ring (bicyclic) bond motifs is 3. The summed E-state index contributed by atoms with van der Waals surface area (Å²) in [5.74, 6) is 0.195. The molecule has 0 aromatic heterocycles. The number of alkyl carbamates (subject to hydrolysis) is 1. The maximum atomic E-state index is 16.5. The van der Waals surface area contributed by atoms with Crippen LogP contribution in [0.3, 0.4) is 0 Å². The SMILES string of the molecule is CNC1CCN(C(=O)C2=CN3C4CC5CCCCC5CC4OC4C(N5CCC(NC(=O)OC(C)(C)C)C5)C(F)CC(C2=O)C43)C1. The number of alkyl halides is 1. The number of Topliss-reactive ketones (excluding diaryl/α,β-unsaturated/α-hetero) is 1. The van der Waals surface area contributed by atoms with Crippen LogP contribution in [0.25, 0.3) is 0 Å². The second-order valence-electron chi connectivity index (χ2n) is 15.8. The van der Waals surface area contributed by atoms with Crippen molar-refractivity contribution in [2.75, 3.05) is 33.2 Å². The Morgan fingerprint density at radius 3 is 2.42 bits per heavy atom. The topological polar surface area (TPSA) is 103 Å². The molecule has 7 aliphatic rings. The van der Waals surface area contributed by atoms with Crippen LogP contribution in [-0.4, -0.2) is 120 Å². The van der Waals surface area contributed by atoms with E-state index in [1.54, 1.807) is 4.90 Å². The van der Waals surface area contributed by atoms with Gasteiger partial charge >= 0.3 is 6.09 Å². The number of nitrogens with one attached hydrogen (secondary N) is 2. The minimum absolute atomic E-state index is 0.0569. The van der Waals surface area contributed by atoms with Gasteiger partial charge in [0.05, 0.1) is 35.9 Å². The molecule has 11 heteroatoms. The molecule has 45 heavy (non-hydrogen) atoms. The summed E-state index contributed by atoms with van der Waals surface area (Å²) in [6.07, 6.45) is 8.13. The van der Waals surface area contributed by atoms with Crippen molar-refractivity contribution in [2.24, 2.45) is 17.8 Å². The fourth-order valence-electron chi connectivity index (χ4n) is 9.86. The van der Waals surface area contributed by atoms with Crippen molar-refractivity contribution in [2.45, 2.75) is 133 Å². The molecule has 11 atom stereocenters. The predicted octanol–water partition coefficient (Wildman–Crippen LogP) is 3.01. The lowest BCUT2D eigenvalue weighted by Crippen LogP contribution is -2.73. The Morgan fingerprint density at radius 1 is 0.978 bits per heavy atom. The Hall–Kier alpha value is -2.24. The van der Waals surface area contributed by atoms with E-state index in [1.807, 2.05) is 34.0 Å². The maximum absolute atomic E-state index is 16.5. The van der Waals surface area contributed by atoms with Crippen LogP contribution in [0.4, 0.5) is 9.18 Å². The highest BCUT2D eigenvalue weighted by Crippen LogP contribution is 2.51. The fourth-order valence-corrected chi connectivity index (χ4v) is 9.86. The molecular formula is C34H52FN5O5. The molecule has 7 rings (SSSR count). The summed E-state index contributed by atoms with van der Waals surface area (Å²) in [6.45, 7) is 7.85. The molecular weight excluding hydrogens is 577 g/mol. The normalized spacial score (nSPS) is 41.6. The van der Waals surface area contributed by atoms with Crippen LogP contribution in [0.2, 0.25) is 0 Å². The number of amides is 2.